The minimum Gasteiger partial charge on any atom is -0.482 e. The van der Waals surface area contributed by atoms with Gasteiger partial charge in [-0.15, -0.1) is 0 Å². The number of ether oxygens (including phenoxy) is 1. The van der Waals surface area contributed by atoms with Crippen LogP contribution in [0.1, 0.15) is 16.7 Å². The maximum absolute atomic E-state index is 12.6. The van der Waals surface area contributed by atoms with Gasteiger partial charge in [-0.1, -0.05) is 47.0 Å². The first-order chi connectivity index (χ1) is 14.6. The molecule has 31 heavy (non-hydrogen) atoms. The number of nitrogens with one attached hydrogen (secondary N) is 2. The number of anilines is 2. The predicted octanol–water partition coefficient (Wildman–Crippen LogP) is 5.08. The van der Waals surface area contributed by atoms with Gasteiger partial charge in [-0.2, -0.15) is 0 Å². The molecule has 162 valence electrons. The zero-order valence-corrected chi connectivity index (χ0v) is 19.0. The van der Waals surface area contributed by atoms with Crippen molar-refractivity contribution >= 4 is 38.9 Å². The quantitative estimate of drug-likeness (QED) is 0.516. The fourth-order valence-electron chi connectivity index (χ4n) is 2.88. The summed E-state index contributed by atoms with van der Waals surface area (Å²) in [5.41, 5.74) is 4.22. The van der Waals surface area contributed by atoms with E-state index in [1.807, 2.05) is 51.1 Å². The van der Waals surface area contributed by atoms with Gasteiger partial charge >= 0.3 is 0 Å². The number of rotatable bonds is 7. The molecule has 0 spiro atoms. The Balaban J connectivity index is 1.64. The highest BCUT2D eigenvalue weighted by Gasteiger charge is 2.17. The summed E-state index contributed by atoms with van der Waals surface area (Å²) >= 11 is 6.20. The number of carbonyl (C=O) groups is 1. The van der Waals surface area contributed by atoms with Crippen LogP contribution in [-0.4, -0.2) is 20.9 Å². The lowest BCUT2D eigenvalue weighted by Crippen LogP contribution is -2.21. The lowest BCUT2D eigenvalue weighted by molar-refractivity contribution is -0.118. The van der Waals surface area contributed by atoms with E-state index < -0.39 is 10.0 Å². The number of aryl methyl sites for hydroxylation is 3. The van der Waals surface area contributed by atoms with Crippen molar-refractivity contribution in [2.24, 2.45) is 0 Å². The molecule has 2 N–H and O–H groups in total. The van der Waals surface area contributed by atoms with E-state index in [1.165, 1.54) is 18.2 Å². The van der Waals surface area contributed by atoms with Crippen LogP contribution in [0.15, 0.2) is 65.6 Å². The largest absolute Gasteiger partial charge is 0.482 e. The van der Waals surface area contributed by atoms with Crippen molar-refractivity contribution in [3.05, 3.63) is 82.4 Å². The zero-order valence-electron chi connectivity index (χ0n) is 17.4. The van der Waals surface area contributed by atoms with Crippen molar-refractivity contribution in [3.63, 3.8) is 0 Å². The number of carbonyl (C=O) groups excluding carboxylic acids is 1. The molecule has 0 aliphatic heterocycles. The van der Waals surface area contributed by atoms with Gasteiger partial charge in [0.2, 0.25) is 0 Å². The smallest absolute Gasteiger partial charge is 0.262 e. The van der Waals surface area contributed by atoms with Crippen LogP contribution in [0.5, 0.6) is 5.75 Å². The van der Waals surface area contributed by atoms with Gasteiger partial charge in [-0.05, 0) is 62.7 Å². The molecule has 0 saturated carbocycles. The van der Waals surface area contributed by atoms with Crippen molar-refractivity contribution in [3.8, 4) is 5.75 Å². The molecule has 0 fully saturated rings. The maximum atomic E-state index is 12.6. The molecule has 3 aromatic carbocycles. The first kappa shape index (κ1) is 22.7. The van der Waals surface area contributed by atoms with Crippen molar-refractivity contribution in [2.45, 2.75) is 25.7 Å². The molecule has 0 aliphatic carbocycles. The van der Waals surface area contributed by atoms with E-state index in [1.54, 1.807) is 12.1 Å². The fraction of sp³-hybridized carbons (Fsp3) is 0.174. The van der Waals surface area contributed by atoms with Gasteiger partial charge in [0.15, 0.2) is 6.61 Å². The van der Waals surface area contributed by atoms with Crippen LogP contribution in [-0.2, 0) is 14.8 Å². The van der Waals surface area contributed by atoms with E-state index in [0.717, 1.165) is 16.7 Å². The first-order valence-electron chi connectivity index (χ1n) is 9.53. The molecular formula is C23H23ClN2O4S. The molecule has 3 rings (SSSR count). The van der Waals surface area contributed by atoms with Gasteiger partial charge < -0.3 is 10.1 Å². The maximum Gasteiger partial charge on any atom is 0.262 e. The summed E-state index contributed by atoms with van der Waals surface area (Å²) in [6.07, 6.45) is 0. The monoisotopic (exact) mass is 458 g/mol. The Morgan fingerprint density at radius 3 is 2.26 bits per heavy atom. The summed E-state index contributed by atoms with van der Waals surface area (Å²) in [6, 6.07) is 16.8. The Kier molecular flexibility index (Phi) is 6.87. The number of hydrogen-bond acceptors (Lipinski definition) is 4. The van der Waals surface area contributed by atoms with Gasteiger partial charge in [0, 0.05) is 11.4 Å². The van der Waals surface area contributed by atoms with E-state index >= 15 is 0 Å². The lowest BCUT2D eigenvalue weighted by atomic mass is 10.1. The van der Waals surface area contributed by atoms with Crippen LogP contribution < -0.4 is 14.8 Å². The summed E-state index contributed by atoms with van der Waals surface area (Å²) in [4.78, 5) is 12.2. The number of halogens is 1. The molecular weight excluding hydrogens is 436 g/mol. The second kappa shape index (κ2) is 9.41. The molecule has 0 atom stereocenters. The minimum atomic E-state index is -3.82. The molecule has 0 bridgehead atoms. The van der Waals surface area contributed by atoms with Crippen molar-refractivity contribution in [1.82, 2.24) is 0 Å². The summed E-state index contributed by atoms with van der Waals surface area (Å²) in [7, 11) is -3.82. The van der Waals surface area contributed by atoms with Crippen LogP contribution >= 0.6 is 11.6 Å². The van der Waals surface area contributed by atoms with E-state index in [9.17, 15) is 13.2 Å². The number of hydrogen-bond donors (Lipinski definition) is 2. The molecule has 0 aromatic heterocycles. The second-order valence-corrected chi connectivity index (χ2v) is 9.31. The Labute approximate surface area is 187 Å². The van der Waals surface area contributed by atoms with Gasteiger partial charge in [-0.3, -0.25) is 9.52 Å². The predicted molar refractivity (Wildman–Crippen MR) is 123 cm³/mol. The number of sulfonamides is 1. The SMILES string of the molecule is Cc1ccc(NS(=O)(=O)c2ccc(OCC(=O)Nc3ccc(C)cc3C)c(Cl)c2)cc1. The van der Waals surface area contributed by atoms with Crippen molar-refractivity contribution < 1.29 is 17.9 Å². The topological polar surface area (TPSA) is 84.5 Å². The third-order valence-electron chi connectivity index (χ3n) is 4.53. The Morgan fingerprint density at radius 1 is 0.935 bits per heavy atom. The zero-order chi connectivity index (χ0) is 22.6. The molecule has 0 radical (unpaired) electrons. The second-order valence-electron chi connectivity index (χ2n) is 7.22. The van der Waals surface area contributed by atoms with Crippen LogP contribution in [0.3, 0.4) is 0 Å². The minimum absolute atomic E-state index is 0.00911. The Morgan fingerprint density at radius 2 is 1.61 bits per heavy atom. The van der Waals surface area contributed by atoms with E-state index in [2.05, 4.69) is 10.0 Å². The average Bonchev–Trinajstić information content (AvgIpc) is 2.70. The normalized spacial score (nSPS) is 11.1. The fourth-order valence-corrected chi connectivity index (χ4v) is 4.27. The Hall–Kier alpha value is -3.03. The summed E-state index contributed by atoms with van der Waals surface area (Å²) < 4.78 is 33.2. The first-order valence-corrected chi connectivity index (χ1v) is 11.4. The van der Waals surface area contributed by atoms with Crippen molar-refractivity contribution in [1.29, 1.82) is 0 Å². The highest BCUT2D eigenvalue weighted by atomic mass is 35.5. The molecule has 0 saturated heterocycles. The van der Waals surface area contributed by atoms with Gasteiger partial charge in [0.25, 0.3) is 15.9 Å². The highest BCUT2D eigenvalue weighted by molar-refractivity contribution is 7.92. The average molecular weight is 459 g/mol. The molecule has 3 aromatic rings. The number of amides is 1. The van der Waals surface area contributed by atoms with Crippen LogP contribution in [0.4, 0.5) is 11.4 Å². The molecule has 0 aliphatic rings. The molecule has 1 amide bonds. The molecule has 0 unspecified atom stereocenters. The van der Waals surface area contributed by atoms with Crippen LogP contribution in [0.2, 0.25) is 5.02 Å². The van der Waals surface area contributed by atoms with Gasteiger partial charge in [0.05, 0.1) is 9.92 Å². The molecule has 0 heterocycles. The van der Waals surface area contributed by atoms with E-state index in [4.69, 9.17) is 16.3 Å². The van der Waals surface area contributed by atoms with Crippen LogP contribution in [0.25, 0.3) is 0 Å². The van der Waals surface area contributed by atoms with Gasteiger partial charge in [0.1, 0.15) is 5.75 Å². The van der Waals surface area contributed by atoms with E-state index in [0.29, 0.717) is 11.4 Å². The van der Waals surface area contributed by atoms with E-state index in [-0.39, 0.29) is 28.2 Å². The molecule has 8 heteroatoms. The summed E-state index contributed by atoms with van der Waals surface area (Å²) in [6.45, 7) is 5.54. The Bertz CT molecular complexity index is 1210. The lowest BCUT2D eigenvalue weighted by Gasteiger charge is -2.12. The third-order valence-corrected chi connectivity index (χ3v) is 6.21. The van der Waals surface area contributed by atoms with Gasteiger partial charge in [-0.25, -0.2) is 8.42 Å². The third kappa shape index (κ3) is 5.99. The number of benzene rings is 3. The van der Waals surface area contributed by atoms with Crippen LogP contribution in [0, 0.1) is 20.8 Å². The summed E-state index contributed by atoms with van der Waals surface area (Å²) in [5, 5.41) is 2.87. The summed E-state index contributed by atoms with van der Waals surface area (Å²) in [5.74, 6) is -0.132. The van der Waals surface area contributed by atoms with Crippen molar-refractivity contribution in [2.75, 3.05) is 16.6 Å². The standard InChI is InChI=1S/C23H23ClN2O4S/c1-15-4-7-18(8-5-15)26-31(28,29)19-9-11-22(20(24)13-19)30-14-23(27)25-21-10-6-16(2)12-17(21)3/h4-13,26H,14H2,1-3H3,(H,25,27). The molecule has 6 nitrogen and oxygen atoms in total. The highest BCUT2D eigenvalue weighted by Crippen LogP contribution is 2.28.